The summed E-state index contributed by atoms with van der Waals surface area (Å²) in [5, 5.41) is 0.766. The van der Waals surface area contributed by atoms with E-state index in [-0.39, 0.29) is 12.0 Å². The van der Waals surface area contributed by atoms with E-state index >= 15 is 0 Å². The van der Waals surface area contributed by atoms with E-state index in [1.807, 2.05) is 24.6 Å². The highest BCUT2D eigenvalue weighted by molar-refractivity contribution is 5.98. The minimum Gasteiger partial charge on any atom is -0.357 e. The Labute approximate surface area is 192 Å². The van der Waals surface area contributed by atoms with Crippen LogP contribution < -0.4 is 4.90 Å². The Bertz CT molecular complexity index is 1590. The molecule has 0 bridgehead atoms. The lowest BCUT2D eigenvalue weighted by atomic mass is 10.1. The van der Waals surface area contributed by atoms with E-state index in [1.54, 1.807) is 24.7 Å². The molecule has 7 nitrogen and oxygen atoms in total. The Hall–Kier alpha value is -3.61. The molecule has 1 fully saturated rings. The van der Waals surface area contributed by atoms with Crippen molar-refractivity contribution in [1.82, 2.24) is 24.5 Å². The summed E-state index contributed by atoms with van der Waals surface area (Å²) in [6.45, 7) is -4.29. The third-order valence-corrected chi connectivity index (χ3v) is 5.18. The Kier molecular flexibility index (Phi) is 3.14. The maximum absolute atomic E-state index is 13.2. The number of hydrogen-bond donors (Lipinski definition) is 0. The number of fused-ring (bicyclic) bond motifs is 1. The van der Waals surface area contributed by atoms with Crippen LogP contribution in [0.2, 0.25) is 0 Å². The maximum Gasteiger partial charge on any atom is 0.169 e. The molecule has 5 rings (SSSR count). The standard InChI is InChI=1S/C24H24N6O/c1-16-26-15-22(29(16)2)19-9-18-10-20(27-14-21(18)28-13-19)12-23(31)17-5-6-25-24(11-17)30-7-3-4-8-30/h5-6,9-11,13-15H,3-4,7-8,12H2,1-2H3/i3D2,4D2,7D2,8D2. The first-order valence-corrected chi connectivity index (χ1v) is 9.62. The highest BCUT2D eigenvalue weighted by Gasteiger charge is 2.16. The molecule has 0 aromatic carbocycles. The third kappa shape index (κ3) is 3.79. The van der Waals surface area contributed by atoms with Crippen LogP contribution in [0.3, 0.4) is 0 Å². The summed E-state index contributed by atoms with van der Waals surface area (Å²) in [7, 11) is 1.91. The zero-order chi connectivity index (χ0) is 28.5. The van der Waals surface area contributed by atoms with Gasteiger partial charge in [0.2, 0.25) is 0 Å². The van der Waals surface area contributed by atoms with Crippen molar-refractivity contribution >= 4 is 22.5 Å². The number of Topliss-reactive ketones (excluding diaryl/α,β-unsaturated/α-hetero) is 1. The highest BCUT2D eigenvalue weighted by Crippen LogP contribution is 2.24. The fourth-order valence-electron chi connectivity index (χ4n) is 3.37. The van der Waals surface area contributed by atoms with Gasteiger partial charge in [-0.15, -0.1) is 0 Å². The molecule has 1 saturated heterocycles. The number of carbonyl (C=O) groups is 1. The van der Waals surface area contributed by atoms with Crippen molar-refractivity contribution in [3.63, 3.8) is 0 Å². The van der Waals surface area contributed by atoms with Crippen molar-refractivity contribution in [1.29, 1.82) is 0 Å². The van der Waals surface area contributed by atoms with E-state index in [0.29, 0.717) is 16.1 Å². The molecule has 0 aliphatic carbocycles. The number of imidazole rings is 1. The van der Waals surface area contributed by atoms with Gasteiger partial charge in [0.1, 0.15) is 11.6 Å². The van der Waals surface area contributed by atoms with E-state index in [1.165, 1.54) is 12.3 Å². The minimum atomic E-state index is -3.21. The molecular formula is C24H24N6O. The number of carbonyl (C=O) groups excluding carboxylic acids is 1. The van der Waals surface area contributed by atoms with Crippen LogP contribution in [0.4, 0.5) is 5.82 Å². The van der Waals surface area contributed by atoms with Gasteiger partial charge in [-0.3, -0.25) is 14.8 Å². The lowest BCUT2D eigenvalue weighted by molar-refractivity contribution is 0.0992. The van der Waals surface area contributed by atoms with Crippen molar-refractivity contribution in [3.05, 3.63) is 66.1 Å². The Morgan fingerprint density at radius 3 is 2.68 bits per heavy atom. The lowest BCUT2D eigenvalue weighted by Crippen LogP contribution is -2.19. The first-order chi connectivity index (χ1) is 18.1. The molecule has 1 aliphatic heterocycles. The van der Waals surface area contributed by atoms with Crippen LogP contribution in [0.1, 0.15) is 45.6 Å². The molecule has 0 saturated carbocycles. The second-order valence-electron chi connectivity index (χ2n) is 7.15. The summed E-state index contributed by atoms with van der Waals surface area (Å²) in [4.78, 5) is 30.6. The maximum atomic E-state index is 13.2. The van der Waals surface area contributed by atoms with Gasteiger partial charge in [-0.05, 0) is 43.9 Å². The highest BCUT2D eigenvalue weighted by atomic mass is 16.1. The van der Waals surface area contributed by atoms with Crippen molar-refractivity contribution in [2.45, 2.75) is 26.1 Å². The molecule has 4 aromatic rings. The Morgan fingerprint density at radius 1 is 1.06 bits per heavy atom. The van der Waals surface area contributed by atoms with E-state index < -0.39 is 37.3 Å². The summed E-state index contributed by atoms with van der Waals surface area (Å²) in [5.41, 5.74) is 2.89. The van der Waals surface area contributed by atoms with Crippen LogP contribution in [0, 0.1) is 6.92 Å². The normalized spacial score (nSPS) is 24.1. The van der Waals surface area contributed by atoms with Crippen molar-refractivity contribution < 1.29 is 15.8 Å². The first-order valence-electron chi connectivity index (χ1n) is 13.6. The van der Waals surface area contributed by atoms with Gasteiger partial charge in [0.05, 0.1) is 30.0 Å². The number of rotatable bonds is 5. The number of anilines is 1. The quantitative estimate of drug-likeness (QED) is 0.458. The van der Waals surface area contributed by atoms with E-state index in [0.717, 1.165) is 28.5 Å². The molecule has 0 atom stereocenters. The van der Waals surface area contributed by atoms with E-state index in [9.17, 15) is 4.79 Å². The van der Waals surface area contributed by atoms with Crippen LogP contribution in [-0.4, -0.2) is 43.3 Å². The topological polar surface area (TPSA) is 76.8 Å². The molecule has 0 radical (unpaired) electrons. The number of ketones is 1. The Morgan fingerprint density at radius 2 is 1.90 bits per heavy atom. The predicted octanol–water partition coefficient (Wildman–Crippen LogP) is 3.76. The number of hydrogen-bond acceptors (Lipinski definition) is 6. The molecule has 1 aliphatic rings. The van der Waals surface area contributed by atoms with Gasteiger partial charge in [0, 0.05) is 65.6 Å². The fraction of sp³-hybridized carbons (Fsp3) is 0.292. The second kappa shape index (κ2) is 7.91. The Balaban J connectivity index is 1.45. The van der Waals surface area contributed by atoms with Gasteiger partial charge in [0.25, 0.3) is 0 Å². The van der Waals surface area contributed by atoms with Crippen molar-refractivity contribution in [3.8, 4) is 11.3 Å². The molecular weight excluding hydrogens is 388 g/mol. The summed E-state index contributed by atoms with van der Waals surface area (Å²) < 4.78 is 66.7. The number of aromatic nitrogens is 5. The van der Waals surface area contributed by atoms with E-state index in [2.05, 4.69) is 19.9 Å². The van der Waals surface area contributed by atoms with Gasteiger partial charge in [-0.2, -0.15) is 0 Å². The zero-order valence-corrected chi connectivity index (χ0v) is 16.9. The van der Waals surface area contributed by atoms with Crippen molar-refractivity contribution in [2.75, 3.05) is 17.9 Å². The second-order valence-corrected chi connectivity index (χ2v) is 7.15. The monoisotopic (exact) mass is 420 g/mol. The van der Waals surface area contributed by atoms with Crippen LogP contribution in [-0.2, 0) is 13.5 Å². The number of pyridine rings is 3. The molecule has 7 heteroatoms. The van der Waals surface area contributed by atoms with Crippen LogP contribution in [0.25, 0.3) is 22.2 Å². The molecule has 156 valence electrons. The summed E-state index contributed by atoms with van der Waals surface area (Å²) in [5.74, 6) is 0.0429. The minimum absolute atomic E-state index is 0.0683. The molecule has 5 heterocycles. The fourth-order valence-corrected chi connectivity index (χ4v) is 3.37. The molecule has 4 aromatic heterocycles. The summed E-state index contributed by atoms with van der Waals surface area (Å²) in [6.07, 6.45) is -0.320. The average Bonchev–Trinajstić information content (AvgIpc) is 3.23. The molecule has 31 heavy (non-hydrogen) atoms. The average molecular weight is 421 g/mol. The zero-order valence-electron chi connectivity index (χ0n) is 24.9. The first kappa shape index (κ1) is 12.3. The smallest absolute Gasteiger partial charge is 0.169 e. The van der Waals surface area contributed by atoms with E-state index in [4.69, 9.17) is 11.0 Å². The largest absolute Gasteiger partial charge is 0.357 e. The molecule has 0 unspecified atom stereocenters. The van der Waals surface area contributed by atoms with Crippen molar-refractivity contribution in [2.24, 2.45) is 7.05 Å². The number of nitrogens with zero attached hydrogens (tertiary/aromatic N) is 6. The van der Waals surface area contributed by atoms with Gasteiger partial charge >= 0.3 is 0 Å². The van der Waals surface area contributed by atoms with Gasteiger partial charge in [-0.25, -0.2) is 9.97 Å². The van der Waals surface area contributed by atoms with Gasteiger partial charge in [0.15, 0.2) is 5.78 Å². The third-order valence-electron chi connectivity index (χ3n) is 5.18. The van der Waals surface area contributed by atoms with Gasteiger partial charge < -0.3 is 9.47 Å². The van der Waals surface area contributed by atoms with Crippen LogP contribution >= 0.6 is 0 Å². The molecule has 0 N–H and O–H groups in total. The van der Waals surface area contributed by atoms with Gasteiger partial charge in [-0.1, -0.05) is 0 Å². The molecule has 0 amide bonds. The van der Waals surface area contributed by atoms with Crippen LogP contribution in [0.15, 0.2) is 49.1 Å². The molecule has 0 spiro atoms. The number of aryl methyl sites for hydroxylation is 1. The lowest BCUT2D eigenvalue weighted by Gasteiger charge is -2.16. The predicted molar refractivity (Wildman–Crippen MR) is 120 cm³/mol. The summed E-state index contributed by atoms with van der Waals surface area (Å²) in [6, 6.07) is 6.19. The SMILES string of the molecule is [2H]C1([2H])N(c2cc(C(=O)Cc3cc4cc(-c5cnc(C)n5C)cnc4cn3)ccn2)C([2H])([2H])C([2H])([2H])C1([2H])[2H]. The summed E-state index contributed by atoms with van der Waals surface area (Å²) >= 11 is 0. The van der Waals surface area contributed by atoms with Crippen LogP contribution in [0.5, 0.6) is 0 Å².